The molecule has 0 aliphatic carbocycles. The Hall–Kier alpha value is -3.73. The van der Waals surface area contributed by atoms with Gasteiger partial charge in [0.2, 0.25) is 0 Å². The highest BCUT2D eigenvalue weighted by Crippen LogP contribution is 2.43. The smallest absolute Gasteiger partial charge is 0.313 e. The minimum Gasteiger partial charge on any atom is -0.481 e. The molecule has 5 heteroatoms. The first-order chi connectivity index (χ1) is 14.5. The summed E-state index contributed by atoms with van der Waals surface area (Å²) in [5.74, 6) is -2.22. The molecule has 0 spiro atoms. The Bertz CT molecular complexity index is 1150. The topological polar surface area (TPSA) is 70.0 Å². The van der Waals surface area contributed by atoms with Gasteiger partial charge in [-0.15, -0.1) is 0 Å². The molecule has 0 saturated carbocycles. The van der Waals surface area contributed by atoms with Gasteiger partial charge in [-0.25, -0.2) is 5.01 Å². The Morgan fingerprint density at radius 3 is 2.37 bits per heavy atom. The summed E-state index contributed by atoms with van der Waals surface area (Å²) in [6.07, 6.45) is 1.61. The highest BCUT2D eigenvalue weighted by atomic mass is 16.4. The molecule has 1 heterocycles. The number of carbonyl (C=O) groups excluding carboxylic acids is 1. The number of nitrogens with zero attached hydrogens (tertiary/aromatic N) is 2. The van der Waals surface area contributed by atoms with Gasteiger partial charge in [0.05, 0.1) is 12.3 Å². The van der Waals surface area contributed by atoms with Crippen molar-refractivity contribution in [2.75, 3.05) is 0 Å². The van der Waals surface area contributed by atoms with Gasteiger partial charge in [-0.2, -0.15) is 5.10 Å². The number of hydrazone groups is 1. The SMILES string of the molecule is Cc1cccc(/C=N/N2C(=O)c3ccccc3[C@H](C(=O)O)[C@@H]2c2cccc(C)c2)c1. The van der Waals surface area contributed by atoms with Crippen molar-refractivity contribution in [2.45, 2.75) is 25.8 Å². The van der Waals surface area contributed by atoms with Crippen molar-refractivity contribution in [1.82, 2.24) is 5.01 Å². The number of aryl methyl sites for hydroxylation is 2. The van der Waals surface area contributed by atoms with E-state index in [0.29, 0.717) is 11.1 Å². The van der Waals surface area contributed by atoms with E-state index in [0.717, 1.165) is 22.3 Å². The average Bonchev–Trinajstić information content (AvgIpc) is 2.72. The van der Waals surface area contributed by atoms with Crippen LogP contribution in [0.4, 0.5) is 0 Å². The summed E-state index contributed by atoms with van der Waals surface area (Å²) < 4.78 is 0. The van der Waals surface area contributed by atoms with E-state index in [1.165, 1.54) is 5.01 Å². The number of benzene rings is 3. The van der Waals surface area contributed by atoms with Crippen LogP contribution in [0.1, 0.15) is 50.1 Å². The van der Waals surface area contributed by atoms with Crippen LogP contribution in [0, 0.1) is 13.8 Å². The standard InChI is InChI=1S/C25H22N2O3/c1-16-7-5-9-18(13-16)15-26-27-23(19-10-6-8-17(2)14-19)22(25(29)30)20-11-3-4-12-21(20)24(27)28/h3-15,22-23H,1-2H3,(H,29,30)/b26-15+/t22-,23-/m0/s1. The molecule has 3 aromatic rings. The number of hydrogen-bond donors (Lipinski definition) is 1. The summed E-state index contributed by atoms with van der Waals surface area (Å²) in [4.78, 5) is 25.7. The van der Waals surface area contributed by atoms with Gasteiger partial charge >= 0.3 is 5.97 Å². The van der Waals surface area contributed by atoms with E-state index in [-0.39, 0.29) is 5.91 Å². The van der Waals surface area contributed by atoms with Crippen molar-refractivity contribution in [2.24, 2.45) is 5.10 Å². The van der Waals surface area contributed by atoms with E-state index in [1.807, 2.05) is 62.4 Å². The summed E-state index contributed by atoms with van der Waals surface area (Å²) in [5.41, 5.74) is 4.54. The van der Waals surface area contributed by atoms with E-state index in [1.54, 1.807) is 30.5 Å². The first-order valence-electron chi connectivity index (χ1n) is 9.78. The molecule has 0 radical (unpaired) electrons. The summed E-state index contributed by atoms with van der Waals surface area (Å²) in [5, 5.41) is 15.9. The van der Waals surface area contributed by atoms with E-state index in [4.69, 9.17) is 0 Å². The average molecular weight is 398 g/mol. The number of fused-ring (bicyclic) bond motifs is 1. The quantitative estimate of drug-likeness (QED) is 0.648. The molecular weight excluding hydrogens is 376 g/mol. The molecule has 30 heavy (non-hydrogen) atoms. The van der Waals surface area contributed by atoms with Gasteiger partial charge in [-0.05, 0) is 36.6 Å². The molecule has 4 rings (SSSR count). The Morgan fingerprint density at radius 1 is 0.967 bits per heavy atom. The molecule has 5 nitrogen and oxygen atoms in total. The van der Waals surface area contributed by atoms with E-state index < -0.39 is 17.9 Å². The number of carboxylic acid groups (broad SMARTS) is 1. The monoisotopic (exact) mass is 398 g/mol. The lowest BCUT2D eigenvalue weighted by Crippen LogP contribution is -2.42. The van der Waals surface area contributed by atoms with Crippen LogP contribution in [0.25, 0.3) is 0 Å². The highest BCUT2D eigenvalue weighted by molar-refractivity contribution is 6.00. The van der Waals surface area contributed by atoms with Crippen molar-refractivity contribution in [3.63, 3.8) is 0 Å². The second kappa shape index (κ2) is 7.95. The van der Waals surface area contributed by atoms with Gasteiger partial charge in [0, 0.05) is 5.56 Å². The summed E-state index contributed by atoms with van der Waals surface area (Å²) in [7, 11) is 0. The third-order valence-electron chi connectivity index (χ3n) is 5.34. The molecule has 0 aromatic heterocycles. The number of aliphatic carboxylic acids is 1. The van der Waals surface area contributed by atoms with Crippen molar-refractivity contribution in [3.8, 4) is 0 Å². The third kappa shape index (κ3) is 3.62. The molecule has 0 bridgehead atoms. The van der Waals surface area contributed by atoms with Gasteiger partial charge in [0.15, 0.2) is 0 Å². The van der Waals surface area contributed by atoms with E-state index in [9.17, 15) is 14.7 Å². The molecule has 1 aliphatic heterocycles. The van der Waals surface area contributed by atoms with Gasteiger partial charge in [-0.3, -0.25) is 9.59 Å². The zero-order chi connectivity index (χ0) is 21.3. The Morgan fingerprint density at radius 2 is 1.67 bits per heavy atom. The fourth-order valence-electron chi connectivity index (χ4n) is 3.98. The molecule has 3 aromatic carbocycles. The minimum absolute atomic E-state index is 0.307. The lowest BCUT2D eigenvalue weighted by molar-refractivity contribution is -0.140. The molecule has 1 N–H and O–H groups in total. The van der Waals surface area contributed by atoms with Crippen molar-refractivity contribution < 1.29 is 14.7 Å². The maximum atomic E-state index is 13.4. The first kappa shape index (κ1) is 19.6. The number of hydrogen-bond acceptors (Lipinski definition) is 3. The normalized spacial score (nSPS) is 18.5. The Kier molecular flexibility index (Phi) is 5.19. The predicted molar refractivity (Wildman–Crippen MR) is 116 cm³/mol. The van der Waals surface area contributed by atoms with E-state index in [2.05, 4.69) is 5.10 Å². The maximum absolute atomic E-state index is 13.4. The zero-order valence-electron chi connectivity index (χ0n) is 16.8. The third-order valence-corrected chi connectivity index (χ3v) is 5.34. The second-order valence-electron chi connectivity index (χ2n) is 7.57. The van der Waals surface area contributed by atoms with Crippen LogP contribution >= 0.6 is 0 Å². The molecule has 2 atom stereocenters. The summed E-state index contributed by atoms with van der Waals surface area (Å²) in [6.45, 7) is 3.92. The van der Waals surface area contributed by atoms with Gasteiger partial charge in [0.25, 0.3) is 5.91 Å². The number of carboxylic acids is 1. The fraction of sp³-hybridized carbons (Fsp3) is 0.160. The van der Waals surface area contributed by atoms with Crippen LogP contribution in [0.2, 0.25) is 0 Å². The molecule has 0 fully saturated rings. The van der Waals surface area contributed by atoms with E-state index >= 15 is 0 Å². The van der Waals surface area contributed by atoms with Crippen molar-refractivity contribution in [3.05, 3.63) is 106 Å². The van der Waals surface area contributed by atoms with Gasteiger partial charge < -0.3 is 5.11 Å². The first-order valence-corrected chi connectivity index (χ1v) is 9.78. The Labute approximate surface area is 175 Å². The highest BCUT2D eigenvalue weighted by Gasteiger charge is 2.44. The number of amides is 1. The van der Waals surface area contributed by atoms with Crippen LogP contribution in [0.15, 0.2) is 77.9 Å². The number of carbonyl (C=O) groups is 2. The maximum Gasteiger partial charge on any atom is 0.313 e. The Balaban J connectivity index is 1.88. The summed E-state index contributed by atoms with van der Waals surface area (Å²) in [6, 6.07) is 21.5. The lowest BCUT2D eigenvalue weighted by atomic mass is 9.80. The van der Waals surface area contributed by atoms with Crippen LogP contribution in [0.3, 0.4) is 0 Å². The molecule has 1 amide bonds. The molecular formula is C25H22N2O3. The van der Waals surface area contributed by atoms with Crippen molar-refractivity contribution >= 4 is 18.1 Å². The number of rotatable bonds is 4. The van der Waals surface area contributed by atoms with Crippen molar-refractivity contribution in [1.29, 1.82) is 0 Å². The molecule has 1 aliphatic rings. The summed E-state index contributed by atoms with van der Waals surface area (Å²) >= 11 is 0. The van der Waals surface area contributed by atoms with Gasteiger partial charge in [0.1, 0.15) is 5.92 Å². The minimum atomic E-state index is -0.989. The zero-order valence-corrected chi connectivity index (χ0v) is 16.8. The predicted octanol–water partition coefficient (Wildman–Crippen LogP) is 4.70. The lowest BCUT2D eigenvalue weighted by Gasteiger charge is -2.37. The van der Waals surface area contributed by atoms with Crippen LogP contribution < -0.4 is 0 Å². The molecule has 0 saturated heterocycles. The van der Waals surface area contributed by atoms with Crippen LogP contribution in [0.5, 0.6) is 0 Å². The fourth-order valence-corrected chi connectivity index (χ4v) is 3.98. The molecule has 150 valence electrons. The molecule has 0 unspecified atom stereocenters. The van der Waals surface area contributed by atoms with Gasteiger partial charge in [-0.1, -0.05) is 77.9 Å². The second-order valence-corrected chi connectivity index (χ2v) is 7.57. The largest absolute Gasteiger partial charge is 0.481 e. The van der Waals surface area contributed by atoms with Crippen LogP contribution in [-0.4, -0.2) is 28.2 Å². The van der Waals surface area contributed by atoms with Crippen LogP contribution in [-0.2, 0) is 4.79 Å².